The number of carbonyl (C=O) groups is 1. The van der Waals surface area contributed by atoms with Gasteiger partial charge in [-0.1, -0.05) is 0 Å². The molecule has 0 spiro atoms. The highest BCUT2D eigenvalue weighted by Crippen LogP contribution is 2.14. The van der Waals surface area contributed by atoms with Crippen LogP contribution in [0.1, 0.15) is 19.5 Å². The number of anilines is 2. The summed E-state index contributed by atoms with van der Waals surface area (Å²) < 4.78 is 0. The van der Waals surface area contributed by atoms with E-state index in [0.29, 0.717) is 12.5 Å². The highest BCUT2D eigenvalue weighted by Gasteiger charge is 2.10. The number of nitrogens with two attached hydrogens (primary N) is 1. The molecule has 0 aliphatic rings. The lowest BCUT2D eigenvalue weighted by Gasteiger charge is -2.20. The second-order valence-corrected chi connectivity index (χ2v) is 3.70. The predicted molar refractivity (Wildman–Crippen MR) is 68.0 cm³/mol. The predicted octanol–water partition coefficient (Wildman–Crippen LogP) is 0.528. The first-order valence-corrected chi connectivity index (χ1v) is 5.69. The van der Waals surface area contributed by atoms with Gasteiger partial charge in [-0.2, -0.15) is 4.98 Å². The molecule has 0 atom stereocenters. The minimum Gasteiger partial charge on any atom is -0.368 e. The number of aromatic nitrogens is 2. The Bertz CT molecular complexity index is 393. The first kappa shape index (κ1) is 13.2. The fraction of sp³-hybridized carbons (Fsp3) is 0.545. The van der Waals surface area contributed by atoms with E-state index < -0.39 is 0 Å². The van der Waals surface area contributed by atoms with Gasteiger partial charge >= 0.3 is 0 Å². The number of likely N-dealkylation sites (N-methyl/N-ethyl adjacent to an activating group) is 1. The molecular formula is C11H19N5O. The summed E-state index contributed by atoms with van der Waals surface area (Å²) in [7, 11) is 0. The number of hydrogen-bond acceptors (Lipinski definition) is 5. The summed E-state index contributed by atoms with van der Waals surface area (Å²) in [4.78, 5) is 21.4. The van der Waals surface area contributed by atoms with Gasteiger partial charge in [0.2, 0.25) is 11.9 Å². The molecule has 0 aliphatic heterocycles. The number of aryl methyl sites for hydroxylation is 1. The van der Waals surface area contributed by atoms with E-state index in [2.05, 4.69) is 15.3 Å². The van der Waals surface area contributed by atoms with Crippen molar-refractivity contribution < 1.29 is 4.79 Å². The molecule has 94 valence electrons. The van der Waals surface area contributed by atoms with Crippen molar-refractivity contribution in [2.75, 3.05) is 29.9 Å². The molecule has 1 heterocycles. The van der Waals surface area contributed by atoms with E-state index in [1.165, 1.54) is 0 Å². The third-order valence-corrected chi connectivity index (χ3v) is 2.23. The molecule has 0 aliphatic carbocycles. The molecule has 1 aromatic heterocycles. The van der Waals surface area contributed by atoms with Crippen molar-refractivity contribution in [3.8, 4) is 0 Å². The van der Waals surface area contributed by atoms with Crippen LogP contribution < -0.4 is 16.0 Å². The maximum absolute atomic E-state index is 11.0. The zero-order valence-electron chi connectivity index (χ0n) is 10.5. The number of amides is 1. The standard InChI is InChI=1S/C11H19N5O/c1-4-13-11-14-8(3)6-10(15-11)16(5-2)7-9(12)17/h6H,4-5,7H2,1-3H3,(H2,12,17)(H,13,14,15). The van der Waals surface area contributed by atoms with E-state index in [9.17, 15) is 4.79 Å². The van der Waals surface area contributed by atoms with Crippen LogP contribution in [0.3, 0.4) is 0 Å². The van der Waals surface area contributed by atoms with Crippen LogP contribution in [0, 0.1) is 6.92 Å². The molecule has 0 fully saturated rings. The lowest BCUT2D eigenvalue weighted by molar-refractivity contribution is -0.116. The zero-order valence-corrected chi connectivity index (χ0v) is 10.5. The van der Waals surface area contributed by atoms with Gasteiger partial charge in [-0.15, -0.1) is 0 Å². The molecule has 0 bridgehead atoms. The molecule has 0 aromatic carbocycles. The van der Waals surface area contributed by atoms with Crippen LogP contribution in [-0.2, 0) is 4.79 Å². The van der Waals surface area contributed by atoms with Crippen molar-refractivity contribution in [1.82, 2.24) is 9.97 Å². The highest BCUT2D eigenvalue weighted by molar-refractivity contribution is 5.79. The first-order valence-electron chi connectivity index (χ1n) is 5.69. The number of rotatable bonds is 6. The second-order valence-electron chi connectivity index (χ2n) is 3.70. The molecule has 0 saturated carbocycles. The van der Waals surface area contributed by atoms with Crippen molar-refractivity contribution in [2.24, 2.45) is 5.73 Å². The van der Waals surface area contributed by atoms with Gasteiger partial charge < -0.3 is 16.0 Å². The molecule has 0 unspecified atom stereocenters. The molecule has 1 rings (SSSR count). The monoisotopic (exact) mass is 237 g/mol. The third-order valence-electron chi connectivity index (χ3n) is 2.23. The van der Waals surface area contributed by atoms with Gasteiger partial charge in [0, 0.05) is 24.8 Å². The summed E-state index contributed by atoms with van der Waals surface area (Å²) in [6.45, 7) is 7.41. The summed E-state index contributed by atoms with van der Waals surface area (Å²) in [5.74, 6) is 0.924. The van der Waals surface area contributed by atoms with Crippen LogP contribution in [0.4, 0.5) is 11.8 Å². The number of nitrogens with zero attached hydrogens (tertiary/aromatic N) is 3. The Morgan fingerprint density at radius 1 is 1.47 bits per heavy atom. The molecule has 0 saturated heterocycles. The van der Waals surface area contributed by atoms with E-state index in [0.717, 1.165) is 18.1 Å². The Kier molecular flexibility index (Phi) is 4.68. The lowest BCUT2D eigenvalue weighted by Crippen LogP contribution is -2.34. The van der Waals surface area contributed by atoms with E-state index in [1.54, 1.807) is 0 Å². The fourth-order valence-electron chi connectivity index (χ4n) is 1.49. The Labute approximate surface area is 101 Å². The van der Waals surface area contributed by atoms with Gasteiger partial charge in [-0.3, -0.25) is 4.79 Å². The lowest BCUT2D eigenvalue weighted by atomic mass is 10.3. The summed E-state index contributed by atoms with van der Waals surface area (Å²) >= 11 is 0. The smallest absolute Gasteiger partial charge is 0.236 e. The normalized spacial score (nSPS) is 10.1. The van der Waals surface area contributed by atoms with Crippen LogP contribution in [0.25, 0.3) is 0 Å². The van der Waals surface area contributed by atoms with Crippen molar-refractivity contribution in [3.63, 3.8) is 0 Å². The minimum absolute atomic E-state index is 0.165. The molecule has 17 heavy (non-hydrogen) atoms. The Balaban J connectivity index is 2.97. The van der Waals surface area contributed by atoms with Crippen LogP contribution in [-0.4, -0.2) is 35.5 Å². The van der Waals surface area contributed by atoms with Gasteiger partial charge in [0.15, 0.2) is 0 Å². The largest absolute Gasteiger partial charge is 0.368 e. The van der Waals surface area contributed by atoms with Gasteiger partial charge in [0.1, 0.15) is 5.82 Å². The molecule has 0 radical (unpaired) electrons. The van der Waals surface area contributed by atoms with E-state index in [1.807, 2.05) is 31.7 Å². The van der Waals surface area contributed by atoms with E-state index >= 15 is 0 Å². The molecule has 1 aromatic rings. The summed E-state index contributed by atoms with van der Waals surface area (Å²) in [6, 6.07) is 1.84. The summed E-state index contributed by atoms with van der Waals surface area (Å²) in [6.07, 6.45) is 0. The maximum atomic E-state index is 11.0. The quantitative estimate of drug-likeness (QED) is 0.754. The molecule has 1 amide bonds. The zero-order chi connectivity index (χ0) is 12.8. The second kappa shape index (κ2) is 6.03. The molecule has 6 nitrogen and oxygen atoms in total. The Hall–Kier alpha value is -1.85. The van der Waals surface area contributed by atoms with Crippen LogP contribution in [0.5, 0.6) is 0 Å². The number of hydrogen-bond donors (Lipinski definition) is 2. The summed E-state index contributed by atoms with van der Waals surface area (Å²) in [5, 5.41) is 3.06. The maximum Gasteiger partial charge on any atom is 0.236 e. The van der Waals surface area contributed by atoms with Crippen molar-refractivity contribution in [1.29, 1.82) is 0 Å². The van der Waals surface area contributed by atoms with Crippen molar-refractivity contribution in [2.45, 2.75) is 20.8 Å². The molecule has 6 heteroatoms. The van der Waals surface area contributed by atoms with Gasteiger partial charge in [0.25, 0.3) is 0 Å². The van der Waals surface area contributed by atoms with Crippen LogP contribution in [0.15, 0.2) is 6.07 Å². The van der Waals surface area contributed by atoms with E-state index in [-0.39, 0.29) is 12.5 Å². The van der Waals surface area contributed by atoms with Gasteiger partial charge in [-0.25, -0.2) is 4.98 Å². The van der Waals surface area contributed by atoms with Crippen LogP contribution >= 0.6 is 0 Å². The average Bonchev–Trinajstić information content (AvgIpc) is 2.25. The fourth-order valence-corrected chi connectivity index (χ4v) is 1.49. The minimum atomic E-state index is -0.367. The first-order chi connectivity index (χ1) is 8.06. The topological polar surface area (TPSA) is 84.1 Å². The number of primary amides is 1. The van der Waals surface area contributed by atoms with Gasteiger partial charge in [0.05, 0.1) is 6.54 Å². The highest BCUT2D eigenvalue weighted by atomic mass is 16.1. The average molecular weight is 237 g/mol. The van der Waals surface area contributed by atoms with E-state index in [4.69, 9.17) is 5.73 Å². The summed E-state index contributed by atoms with van der Waals surface area (Å²) in [5.41, 5.74) is 6.06. The number of carbonyl (C=O) groups excluding carboxylic acids is 1. The van der Waals surface area contributed by atoms with Crippen molar-refractivity contribution >= 4 is 17.7 Å². The third kappa shape index (κ3) is 3.90. The van der Waals surface area contributed by atoms with Crippen molar-refractivity contribution in [3.05, 3.63) is 11.8 Å². The Morgan fingerprint density at radius 2 is 2.18 bits per heavy atom. The number of nitrogens with one attached hydrogen (secondary N) is 1. The van der Waals surface area contributed by atoms with Gasteiger partial charge in [-0.05, 0) is 20.8 Å². The molecule has 3 N–H and O–H groups in total. The molecular weight excluding hydrogens is 218 g/mol. The Morgan fingerprint density at radius 3 is 2.71 bits per heavy atom. The SMILES string of the molecule is CCNc1nc(C)cc(N(CC)CC(N)=O)n1. The van der Waals surface area contributed by atoms with Crippen LogP contribution in [0.2, 0.25) is 0 Å².